The zero-order valence-electron chi connectivity index (χ0n) is 72.9. The normalized spacial score (nSPS) is 11.6. The van der Waals surface area contributed by atoms with E-state index in [0.29, 0.717) is 0 Å². The fourth-order valence-corrected chi connectivity index (χ4v) is 22.8. The van der Waals surface area contributed by atoms with Gasteiger partial charge in [0.1, 0.15) is 4.60 Å². The second kappa shape index (κ2) is 54.9. The van der Waals surface area contributed by atoms with E-state index in [1.54, 1.807) is 0 Å². The number of nitrogens with zero attached hydrogens (tertiary/aromatic N) is 2. The Balaban J connectivity index is 0.000000183. The number of nitrogen functional groups attached to an aromatic ring is 2. The van der Waals surface area contributed by atoms with E-state index in [2.05, 4.69) is 413 Å². The third-order valence-electron chi connectivity index (χ3n) is 20.0. The third-order valence-corrected chi connectivity index (χ3v) is 30.3. The van der Waals surface area contributed by atoms with Gasteiger partial charge in [-0.25, -0.2) is 9.97 Å². The monoisotopic (exact) mass is 1940 g/mol. The van der Waals surface area contributed by atoms with Crippen molar-refractivity contribution < 1.29 is 149 Å². The number of nitrogens with two attached hydrogens (primary N) is 2. The Labute approximate surface area is 862 Å². The molecule has 0 bridgehead atoms. The molecule has 0 amide bonds. The summed E-state index contributed by atoms with van der Waals surface area (Å²) < 4.78 is 12.7. The SMILES string of the molecule is Brc1ccc2ccccc2n1.CC1(C)OB(c2ccc(N)cc2)OC1(C)C.Nc1ccc(-c2ccc3ccccc3n2)cc1.O=CO[O-].[H-].[K+].[K+].[Pd].c1ccc(P(c2ccccc2)c2ccccc2)cc1.c1ccc(P(c2ccccc2)c2ccccc2)cc1.c1ccc(P(c2ccccc2)c2ccccc2)cc1.c1ccc(P(c2ccccc2)c2ccccc2)cc1. The smallest absolute Gasteiger partial charge is 1.00 e. The van der Waals surface area contributed by atoms with Crippen LogP contribution in [-0.2, 0) is 39.4 Å². The summed E-state index contributed by atoms with van der Waals surface area (Å²) in [5, 5.41) is 27.5. The average molecular weight is 1940 g/mol. The van der Waals surface area contributed by atoms with Gasteiger partial charge in [-0.15, -0.1) is 0 Å². The number of fused-ring (bicyclic) bond motifs is 2. The first-order chi connectivity index (χ1) is 60.7. The van der Waals surface area contributed by atoms with Gasteiger partial charge in [0.25, 0.3) is 6.47 Å². The van der Waals surface area contributed by atoms with Gasteiger partial charge in [0.2, 0.25) is 0 Å². The van der Waals surface area contributed by atoms with Crippen LogP contribution < -0.4 is 189 Å². The number of pyridine rings is 2. The minimum atomic E-state index is -0.446. The summed E-state index contributed by atoms with van der Waals surface area (Å²) in [7, 11) is -2.08. The van der Waals surface area contributed by atoms with Gasteiger partial charge in [-0.05, 0) is 193 Å². The number of para-hydroxylation sites is 2. The topological polar surface area (TPSA) is 146 Å². The Morgan fingerprint density at radius 2 is 0.512 bits per heavy atom. The Kier molecular flexibility index (Phi) is 44.2. The molecule has 127 heavy (non-hydrogen) atoms. The molecular weight excluding hydrogens is 1840 g/mol. The van der Waals surface area contributed by atoms with Crippen molar-refractivity contribution in [1.29, 1.82) is 0 Å². The van der Waals surface area contributed by atoms with Crippen molar-refractivity contribution in [1.82, 2.24) is 9.97 Å². The van der Waals surface area contributed by atoms with Gasteiger partial charge >= 0.3 is 110 Å². The molecule has 2 aromatic heterocycles. The van der Waals surface area contributed by atoms with E-state index in [4.69, 9.17) is 30.8 Å². The molecule has 9 nitrogen and oxygen atoms in total. The summed E-state index contributed by atoms with van der Waals surface area (Å²) in [4.78, 5) is 20.2. The summed E-state index contributed by atoms with van der Waals surface area (Å²) in [6, 6.07) is 169. The summed E-state index contributed by atoms with van der Waals surface area (Å²) in [5.41, 5.74) is 17.4. The molecule has 18 heteroatoms. The third kappa shape index (κ3) is 31.4. The molecule has 0 atom stereocenters. The fourth-order valence-electron chi connectivity index (χ4n) is 13.3. The van der Waals surface area contributed by atoms with Crippen molar-refractivity contribution >= 4 is 164 Å². The van der Waals surface area contributed by atoms with E-state index in [-0.39, 0.29) is 149 Å². The van der Waals surface area contributed by atoms with Gasteiger partial charge in [-0.2, -0.15) is 0 Å². The van der Waals surface area contributed by atoms with Crippen molar-refractivity contribution in [3.63, 3.8) is 0 Å². The van der Waals surface area contributed by atoms with E-state index in [9.17, 15) is 0 Å². The number of hydrogen-bond acceptors (Lipinski definition) is 9. The van der Waals surface area contributed by atoms with Gasteiger partial charge in [0, 0.05) is 48.1 Å². The minimum Gasteiger partial charge on any atom is -1.00 e. The Bertz CT molecular complexity index is 5270. The molecule has 16 aromatic carbocycles. The molecule has 0 radical (unpaired) electrons. The molecule has 0 spiro atoms. The van der Waals surface area contributed by atoms with Crippen LogP contribution in [-0.4, -0.2) is 34.8 Å². The molecule has 18 aromatic rings. The number of aromatic nitrogens is 2. The van der Waals surface area contributed by atoms with Crippen LogP contribution in [0, 0.1) is 0 Å². The van der Waals surface area contributed by atoms with Gasteiger partial charge in [-0.3, -0.25) is 4.79 Å². The first-order valence-electron chi connectivity index (χ1n) is 40.7. The second-order valence-corrected chi connectivity index (χ2v) is 38.8. The largest absolute Gasteiger partial charge is 1.00 e. The van der Waals surface area contributed by atoms with Gasteiger partial charge < -0.3 is 32.3 Å². The minimum absolute atomic E-state index is 0. The first kappa shape index (κ1) is 102. The molecule has 1 aliphatic heterocycles. The van der Waals surface area contributed by atoms with Crippen molar-refractivity contribution in [2.45, 2.75) is 38.9 Å². The van der Waals surface area contributed by atoms with Crippen LogP contribution in [0.1, 0.15) is 29.1 Å². The van der Waals surface area contributed by atoms with E-state index < -0.39 is 31.7 Å². The van der Waals surface area contributed by atoms with E-state index in [1.165, 1.54) is 69.0 Å². The summed E-state index contributed by atoms with van der Waals surface area (Å²) in [5.74, 6) is 0. The van der Waals surface area contributed by atoms with Gasteiger partial charge in [0.05, 0.1) is 27.9 Å². The van der Waals surface area contributed by atoms with Crippen molar-refractivity contribution in [3.05, 3.63) is 490 Å². The van der Waals surface area contributed by atoms with Gasteiger partial charge in [-0.1, -0.05) is 437 Å². The molecule has 4 N–H and O–H groups in total. The van der Waals surface area contributed by atoms with E-state index in [1.807, 2.05) is 131 Å². The maximum atomic E-state index is 8.64. The molecule has 0 unspecified atom stereocenters. The van der Waals surface area contributed by atoms with Crippen LogP contribution in [0.4, 0.5) is 11.4 Å². The summed E-state index contributed by atoms with van der Waals surface area (Å²) in [6.07, 6.45) is 0. The van der Waals surface area contributed by atoms with Crippen molar-refractivity contribution in [3.8, 4) is 11.3 Å². The first-order valence-corrected chi connectivity index (χ1v) is 46.9. The number of halogens is 1. The van der Waals surface area contributed by atoms with Crippen LogP contribution >= 0.6 is 47.6 Å². The van der Waals surface area contributed by atoms with E-state index in [0.717, 1.165) is 49.1 Å². The van der Waals surface area contributed by atoms with Crippen LogP contribution in [0.25, 0.3) is 33.1 Å². The maximum Gasteiger partial charge on any atom is 1.00 e. The second-order valence-electron chi connectivity index (χ2n) is 29.2. The predicted molar refractivity (Wildman–Crippen MR) is 536 cm³/mol. The molecular formula is C109H98BBrK2N4O5P4Pd. The van der Waals surface area contributed by atoms with E-state index >= 15 is 0 Å². The Morgan fingerprint density at radius 3 is 0.748 bits per heavy atom. The van der Waals surface area contributed by atoms with Crippen LogP contribution in [0.5, 0.6) is 0 Å². The van der Waals surface area contributed by atoms with Crippen molar-refractivity contribution in [2.24, 2.45) is 0 Å². The standard InChI is InChI=1S/4C18H15P.C15H12N2.C12H18BNO2.C9H6BrN.CH2O3.2K.Pd.H/c4*1-4-10-16(11-5-1)19(17-12-6-2-7-13-17)18-14-8-3-9-15-18;16-13-8-5-12(6-9-13)15-10-7-11-3-1-2-4-14(11)17-15;1-11(2)12(3,4)16-13(15-11)9-5-7-10(14)8-6-9;10-9-6-5-7-3-1-2-4-8(7)11-9;2-1-4-3;;;;/h4*1-15H;1-10H,16H2;5-8H,14H2,1-4H3;1-6H;1,3H;;;;/q;;;;;;;;2*+1;;-1/p-1. The number of hydrogen-bond donors (Lipinski definition) is 2. The Morgan fingerprint density at radius 1 is 0.307 bits per heavy atom. The molecule has 1 fully saturated rings. The number of anilines is 2. The zero-order chi connectivity index (χ0) is 86.4. The van der Waals surface area contributed by atoms with Crippen LogP contribution in [0.2, 0.25) is 0 Å². The molecule has 0 aliphatic carbocycles. The number of carbonyl (C=O) groups is 1. The number of carbonyl (C=O) groups excluding carboxylic acids is 1. The van der Waals surface area contributed by atoms with Gasteiger partial charge in [0.15, 0.2) is 0 Å². The molecule has 19 rings (SSSR count). The molecule has 3 heterocycles. The molecule has 1 aliphatic rings. The molecule has 626 valence electrons. The summed E-state index contributed by atoms with van der Waals surface area (Å²) >= 11 is 3.32. The maximum absolute atomic E-state index is 8.64. The zero-order valence-corrected chi connectivity index (χ0v) is 84.9. The molecule has 0 saturated carbocycles. The molecule has 1 saturated heterocycles. The predicted octanol–water partition coefficient (Wildman–Crippen LogP) is 14.4. The van der Waals surface area contributed by atoms with Crippen LogP contribution in [0.3, 0.4) is 0 Å². The number of rotatable bonds is 15. The Hall–Kier alpha value is -8.51. The summed E-state index contributed by atoms with van der Waals surface area (Å²) in [6.45, 7) is 8.00. The van der Waals surface area contributed by atoms with Crippen LogP contribution in [0.15, 0.2) is 490 Å². The number of benzene rings is 16. The average Bonchev–Trinajstić information content (AvgIpc) is 1.62. The fraction of sp³-hybridized carbons (Fsp3) is 0.0550. The van der Waals surface area contributed by atoms with Crippen molar-refractivity contribution in [2.75, 3.05) is 11.5 Å². The quantitative estimate of drug-likeness (QED) is 0.0195.